The van der Waals surface area contributed by atoms with Crippen molar-refractivity contribution in [2.24, 2.45) is 5.73 Å². The summed E-state index contributed by atoms with van der Waals surface area (Å²) in [6.07, 6.45) is -0.0266. The van der Waals surface area contributed by atoms with Crippen LogP contribution >= 0.6 is 24.8 Å². The van der Waals surface area contributed by atoms with E-state index in [1.165, 1.54) is 0 Å². The van der Waals surface area contributed by atoms with Gasteiger partial charge in [0.25, 0.3) is 0 Å². The van der Waals surface area contributed by atoms with Gasteiger partial charge in [0.2, 0.25) is 0 Å². The van der Waals surface area contributed by atoms with Gasteiger partial charge in [0, 0.05) is 12.6 Å². The summed E-state index contributed by atoms with van der Waals surface area (Å²) in [5, 5.41) is 0. The lowest BCUT2D eigenvalue weighted by molar-refractivity contribution is 0.141. The number of halogens is 3. The fourth-order valence-electron chi connectivity index (χ4n) is 1.07. The van der Waals surface area contributed by atoms with Crippen LogP contribution in [0.5, 0.6) is 0 Å². The molecule has 0 amide bonds. The first-order valence-electron chi connectivity index (χ1n) is 3.28. The zero-order valence-corrected chi connectivity index (χ0v) is 8.13. The molecule has 0 aromatic carbocycles. The number of nitrogens with zero attached hydrogens (tertiary/aromatic N) is 1. The van der Waals surface area contributed by atoms with E-state index in [-0.39, 0.29) is 30.9 Å². The van der Waals surface area contributed by atoms with Crippen LogP contribution in [0.15, 0.2) is 0 Å². The van der Waals surface area contributed by atoms with E-state index >= 15 is 0 Å². The summed E-state index contributed by atoms with van der Waals surface area (Å²) in [5.41, 5.74) is 5.44. The topological polar surface area (TPSA) is 29.3 Å². The molecule has 0 saturated carbocycles. The SMILES string of the molecule is CN1CCC(N)C(F)C1.Cl.Cl. The summed E-state index contributed by atoms with van der Waals surface area (Å²) in [6, 6.07) is -0.221. The van der Waals surface area contributed by atoms with E-state index in [1.54, 1.807) is 0 Å². The lowest BCUT2D eigenvalue weighted by atomic mass is 10.1. The summed E-state index contributed by atoms with van der Waals surface area (Å²) >= 11 is 0. The second-order valence-corrected chi connectivity index (χ2v) is 2.73. The average molecular weight is 205 g/mol. The highest BCUT2D eigenvalue weighted by atomic mass is 35.5. The van der Waals surface area contributed by atoms with Crippen molar-refractivity contribution < 1.29 is 4.39 Å². The fourth-order valence-corrected chi connectivity index (χ4v) is 1.07. The van der Waals surface area contributed by atoms with Gasteiger partial charge in [-0.05, 0) is 20.0 Å². The highest BCUT2D eigenvalue weighted by Crippen LogP contribution is 2.09. The van der Waals surface area contributed by atoms with Gasteiger partial charge in [0.15, 0.2) is 0 Å². The third kappa shape index (κ3) is 4.11. The van der Waals surface area contributed by atoms with Crippen molar-refractivity contribution in [3.05, 3.63) is 0 Å². The van der Waals surface area contributed by atoms with E-state index < -0.39 is 6.17 Å². The van der Waals surface area contributed by atoms with Crippen LogP contribution in [0.1, 0.15) is 6.42 Å². The van der Waals surface area contributed by atoms with E-state index in [1.807, 2.05) is 11.9 Å². The number of alkyl halides is 1. The molecule has 1 saturated heterocycles. The zero-order valence-electron chi connectivity index (χ0n) is 6.50. The first kappa shape index (κ1) is 14.0. The Kier molecular flexibility index (Phi) is 7.63. The van der Waals surface area contributed by atoms with E-state index in [2.05, 4.69) is 0 Å². The van der Waals surface area contributed by atoms with Crippen LogP contribution in [0.3, 0.4) is 0 Å². The first-order chi connectivity index (χ1) is 4.20. The van der Waals surface area contributed by atoms with Gasteiger partial charge in [-0.15, -0.1) is 24.8 Å². The van der Waals surface area contributed by atoms with Crippen molar-refractivity contribution in [3.8, 4) is 0 Å². The predicted octanol–water partition coefficient (Wildman–Crippen LogP) is 0.831. The number of likely N-dealkylation sites (tertiary alicyclic amines) is 1. The minimum absolute atomic E-state index is 0. The maximum absolute atomic E-state index is 12.7. The predicted molar refractivity (Wildman–Crippen MR) is 49.5 cm³/mol. The molecule has 5 heteroatoms. The number of hydrogen-bond donors (Lipinski definition) is 1. The highest BCUT2D eigenvalue weighted by Gasteiger charge is 2.23. The molecular weight excluding hydrogens is 190 g/mol. The minimum Gasteiger partial charge on any atom is -0.325 e. The second kappa shape index (κ2) is 6.00. The molecule has 1 aliphatic rings. The molecule has 70 valence electrons. The van der Waals surface area contributed by atoms with Crippen LogP contribution in [-0.4, -0.2) is 37.3 Å². The summed E-state index contributed by atoms with van der Waals surface area (Å²) in [7, 11) is 1.92. The Hall–Kier alpha value is 0.430. The van der Waals surface area contributed by atoms with E-state index in [0.29, 0.717) is 6.54 Å². The Bertz CT molecular complexity index is 105. The third-order valence-electron chi connectivity index (χ3n) is 1.79. The smallest absolute Gasteiger partial charge is 0.128 e. The molecule has 0 aliphatic carbocycles. The standard InChI is InChI=1S/C6H13FN2.2ClH/c1-9-3-2-6(8)5(7)4-9;;/h5-6H,2-4,8H2,1H3;2*1H. The number of piperidine rings is 1. The van der Waals surface area contributed by atoms with E-state index in [4.69, 9.17) is 5.73 Å². The van der Waals surface area contributed by atoms with Crippen LogP contribution in [0, 0.1) is 0 Å². The quantitative estimate of drug-likeness (QED) is 0.634. The first-order valence-corrected chi connectivity index (χ1v) is 3.28. The normalized spacial score (nSPS) is 31.9. The molecule has 0 spiro atoms. The van der Waals surface area contributed by atoms with Gasteiger partial charge >= 0.3 is 0 Å². The van der Waals surface area contributed by atoms with Crippen molar-refractivity contribution in [2.75, 3.05) is 20.1 Å². The number of rotatable bonds is 0. The minimum atomic E-state index is -0.816. The molecule has 1 heterocycles. The van der Waals surface area contributed by atoms with E-state index in [0.717, 1.165) is 13.0 Å². The largest absolute Gasteiger partial charge is 0.325 e. The molecule has 2 atom stereocenters. The van der Waals surface area contributed by atoms with Gasteiger partial charge in [0.05, 0.1) is 0 Å². The lowest BCUT2D eigenvalue weighted by Gasteiger charge is -2.29. The lowest BCUT2D eigenvalue weighted by Crippen LogP contribution is -2.46. The monoisotopic (exact) mass is 204 g/mol. The van der Waals surface area contributed by atoms with Gasteiger partial charge in [-0.3, -0.25) is 0 Å². The van der Waals surface area contributed by atoms with Crippen LogP contribution < -0.4 is 5.73 Å². The van der Waals surface area contributed by atoms with Gasteiger partial charge in [-0.2, -0.15) is 0 Å². The van der Waals surface area contributed by atoms with Crippen molar-refractivity contribution in [1.29, 1.82) is 0 Å². The van der Waals surface area contributed by atoms with Crippen LogP contribution in [0.4, 0.5) is 4.39 Å². The number of hydrogen-bond acceptors (Lipinski definition) is 2. The maximum Gasteiger partial charge on any atom is 0.128 e. The van der Waals surface area contributed by atoms with Crippen molar-refractivity contribution >= 4 is 24.8 Å². The highest BCUT2D eigenvalue weighted by molar-refractivity contribution is 5.85. The molecule has 0 aromatic rings. The van der Waals surface area contributed by atoms with Crippen molar-refractivity contribution in [3.63, 3.8) is 0 Å². The van der Waals surface area contributed by atoms with E-state index in [9.17, 15) is 4.39 Å². The van der Waals surface area contributed by atoms with Gasteiger partial charge < -0.3 is 10.6 Å². The van der Waals surface area contributed by atoms with Gasteiger partial charge in [-0.25, -0.2) is 4.39 Å². The Balaban J connectivity index is 0. The Morgan fingerprint density at radius 3 is 2.36 bits per heavy atom. The molecule has 1 aliphatic heterocycles. The molecule has 11 heavy (non-hydrogen) atoms. The van der Waals surface area contributed by atoms with Gasteiger partial charge in [0.1, 0.15) is 6.17 Å². The maximum atomic E-state index is 12.7. The molecular formula is C6H15Cl2FN2. The van der Waals surface area contributed by atoms with Crippen molar-refractivity contribution in [2.45, 2.75) is 18.6 Å². The Morgan fingerprint density at radius 1 is 1.45 bits per heavy atom. The molecule has 1 rings (SSSR count). The van der Waals surface area contributed by atoms with Crippen LogP contribution in [0.2, 0.25) is 0 Å². The van der Waals surface area contributed by atoms with Crippen LogP contribution in [0.25, 0.3) is 0 Å². The fraction of sp³-hybridized carbons (Fsp3) is 1.00. The zero-order chi connectivity index (χ0) is 6.85. The van der Waals surface area contributed by atoms with Crippen LogP contribution in [-0.2, 0) is 0 Å². The second-order valence-electron chi connectivity index (χ2n) is 2.73. The average Bonchev–Trinajstić information content (AvgIpc) is 1.80. The molecule has 2 unspecified atom stereocenters. The number of nitrogens with two attached hydrogens (primary N) is 1. The molecule has 0 radical (unpaired) electrons. The Morgan fingerprint density at radius 2 is 2.00 bits per heavy atom. The third-order valence-corrected chi connectivity index (χ3v) is 1.79. The summed E-state index contributed by atoms with van der Waals surface area (Å²) < 4.78 is 12.7. The molecule has 0 aromatic heterocycles. The Labute approximate surface area is 79.1 Å². The summed E-state index contributed by atoms with van der Waals surface area (Å²) in [4.78, 5) is 1.97. The molecule has 2 nitrogen and oxygen atoms in total. The molecule has 2 N–H and O–H groups in total. The molecule has 1 fully saturated rings. The summed E-state index contributed by atoms with van der Waals surface area (Å²) in [5.74, 6) is 0. The molecule has 0 bridgehead atoms. The van der Waals surface area contributed by atoms with Gasteiger partial charge in [-0.1, -0.05) is 0 Å². The summed E-state index contributed by atoms with van der Waals surface area (Å²) in [6.45, 7) is 1.43. The van der Waals surface area contributed by atoms with Crippen molar-refractivity contribution in [1.82, 2.24) is 4.90 Å².